The first-order valence-electron chi connectivity index (χ1n) is 4.37. The topological polar surface area (TPSA) is 20.3 Å². The van der Waals surface area contributed by atoms with Crippen LogP contribution in [0, 0.1) is 0 Å². The lowest BCUT2D eigenvalue weighted by Crippen LogP contribution is -2.28. The Morgan fingerprint density at radius 3 is 2.92 bits per heavy atom. The van der Waals surface area contributed by atoms with E-state index in [-0.39, 0.29) is 5.91 Å². The monoisotopic (exact) mass is 165 g/mol. The van der Waals surface area contributed by atoms with Gasteiger partial charge in [-0.1, -0.05) is 25.2 Å². The van der Waals surface area contributed by atoms with Crippen LogP contribution in [0.2, 0.25) is 0 Å². The highest BCUT2D eigenvalue weighted by Gasteiger charge is 2.13. The average Bonchev–Trinajstić information content (AvgIpc) is 2.55. The minimum absolute atomic E-state index is 0.168. The van der Waals surface area contributed by atoms with Gasteiger partial charge in [0, 0.05) is 19.2 Å². The van der Waals surface area contributed by atoms with E-state index in [2.05, 4.69) is 6.92 Å². The third-order valence-electron chi connectivity index (χ3n) is 1.95. The van der Waals surface area contributed by atoms with Crippen LogP contribution in [-0.2, 0) is 4.79 Å². The number of amides is 1. The highest BCUT2D eigenvalue weighted by molar-refractivity contribution is 5.94. The van der Waals surface area contributed by atoms with Crippen molar-refractivity contribution in [2.75, 3.05) is 13.6 Å². The molecule has 1 rings (SSSR count). The zero-order valence-corrected chi connectivity index (χ0v) is 7.71. The van der Waals surface area contributed by atoms with E-state index in [1.165, 1.54) is 0 Å². The van der Waals surface area contributed by atoms with Crippen LogP contribution in [0.3, 0.4) is 0 Å². The molecule has 2 heteroatoms. The first-order valence-corrected chi connectivity index (χ1v) is 4.37. The number of hydrogen-bond acceptors (Lipinski definition) is 1. The van der Waals surface area contributed by atoms with E-state index in [0.29, 0.717) is 0 Å². The number of nitrogens with zero attached hydrogens (tertiary/aromatic N) is 1. The molecule has 0 aliphatic heterocycles. The summed E-state index contributed by atoms with van der Waals surface area (Å²) in [5.74, 6) is 0.168. The summed E-state index contributed by atoms with van der Waals surface area (Å²) in [5.41, 5.74) is 0.908. The molecule has 12 heavy (non-hydrogen) atoms. The van der Waals surface area contributed by atoms with Gasteiger partial charge in [0.25, 0.3) is 0 Å². The van der Waals surface area contributed by atoms with Gasteiger partial charge in [0.15, 0.2) is 0 Å². The normalized spacial score (nSPS) is 14.7. The van der Waals surface area contributed by atoms with Crippen molar-refractivity contribution < 1.29 is 4.79 Å². The van der Waals surface area contributed by atoms with Gasteiger partial charge >= 0.3 is 0 Å². The molecule has 0 saturated carbocycles. The summed E-state index contributed by atoms with van der Waals surface area (Å²) in [6.45, 7) is 2.92. The molecular weight excluding hydrogens is 150 g/mol. The van der Waals surface area contributed by atoms with Gasteiger partial charge in [-0.2, -0.15) is 0 Å². The number of hydrogen-bond donors (Lipinski definition) is 0. The Balaban J connectivity index is 2.47. The Kier molecular flexibility index (Phi) is 3.09. The van der Waals surface area contributed by atoms with Crippen LogP contribution >= 0.6 is 0 Å². The molecule has 0 aromatic rings. The molecule has 0 saturated heterocycles. The Labute approximate surface area is 73.6 Å². The van der Waals surface area contributed by atoms with Crippen molar-refractivity contribution in [2.45, 2.75) is 19.8 Å². The number of rotatable bonds is 3. The van der Waals surface area contributed by atoms with Gasteiger partial charge in [-0.25, -0.2) is 0 Å². The first-order chi connectivity index (χ1) is 5.75. The maximum absolute atomic E-state index is 11.6. The average molecular weight is 165 g/mol. The maximum atomic E-state index is 11.6. The van der Waals surface area contributed by atoms with Crippen molar-refractivity contribution in [1.82, 2.24) is 4.90 Å². The van der Waals surface area contributed by atoms with Gasteiger partial charge in [0.05, 0.1) is 0 Å². The fraction of sp³-hybridized carbons (Fsp3) is 0.500. The Hall–Kier alpha value is -1.05. The third kappa shape index (κ3) is 1.97. The van der Waals surface area contributed by atoms with E-state index in [4.69, 9.17) is 0 Å². The van der Waals surface area contributed by atoms with E-state index in [1.807, 2.05) is 25.3 Å². The Morgan fingerprint density at radius 1 is 1.67 bits per heavy atom. The van der Waals surface area contributed by atoms with Gasteiger partial charge < -0.3 is 4.90 Å². The van der Waals surface area contributed by atoms with Crippen molar-refractivity contribution in [2.24, 2.45) is 0 Å². The van der Waals surface area contributed by atoms with Crippen molar-refractivity contribution in [3.05, 3.63) is 23.8 Å². The fourth-order valence-corrected chi connectivity index (χ4v) is 1.29. The van der Waals surface area contributed by atoms with Crippen LogP contribution in [0.25, 0.3) is 0 Å². The van der Waals surface area contributed by atoms with Crippen molar-refractivity contribution in [1.29, 1.82) is 0 Å². The van der Waals surface area contributed by atoms with Gasteiger partial charge in [0.2, 0.25) is 5.91 Å². The molecule has 2 nitrogen and oxygen atoms in total. The smallest absolute Gasteiger partial charge is 0.249 e. The minimum Gasteiger partial charge on any atom is -0.342 e. The van der Waals surface area contributed by atoms with Crippen LogP contribution in [-0.4, -0.2) is 24.4 Å². The van der Waals surface area contributed by atoms with Crippen molar-refractivity contribution in [3.63, 3.8) is 0 Å². The molecule has 0 aromatic carbocycles. The second-order valence-electron chi connectivity index (χ2n) is 3.05. The lowest BCUT2D eigenvalue weighted by Gasteiger charge is -2.16. The van der Waals surface area contributed by atoms with E-state index in [9.17, 15) is 4.79 Å². The SMILES string of the molecule is CCCN(C)C(=O)C1=CC=CC1. The lowest BCUT2D eigenvalue weighted by atomic mass is 10.2. The van der Waals surface area contributed by atoms with Crippen LogP contribution in [0.15, 0.2) is 23.8 Å². The number of allylic oxidation sites excluding steroid dienone is 3. The van der Waals surface area contributed by atoms with E-state index >= 15 is 0 Å². The highest BCUT2D eigenvalue weighted by Crippen LogP contribution is 2.12. The Morgan fingerprint density at radius 2 is 2.42 bits per heavy atom. The molecule has 0 heterocycles. The van der Waals surface area contributed by atoms with Gasteiger partial charge in [0.1, 0.15) is 0 Å². The van der Waals surface area contributed by atoms with Crippen molar-refractivity contribution in [3.8, 4) is 0 Å². The second kappa shape index (κ2) is 4.10. The summed E-state index contributed by atoms with van der Waals surface area (Å²) < 4.78 is 0. The summed E-state index contributed by atoms with van der Waals surface area (Å²) in [6, 6.07) is 0. The molecule has 0 aromatic heterocycles. The molecule has 0 bridgehead atoms. The minimum atomic E-state index is 0.168. The van der Waals surface area contributed by atoms with E-state index in [0.717, 1.165) is 25.0 Å². The molecule has 0 spiro atoms. The molecule has 0 atom stereocenters. The Bertz CT molecular complexity index is 228. The lowest BCUT2D eigenvalue weighted by molar-refractivity contribution is -0.125. The molecule has 1 aliphatic carbocycles. The fourth-order valence-electron chi connectivity index (χ4n) is 1.29. The molecule has 0 fully saturated rings. The molecule has 0 unspecified atom stereocenters. The molecule has 0 N–H and O–H groups in total. The third-order valence-corrected chi connectivity index (χ3v) is 1.95. The summed E-state index contributed by atoms with van der Waals surface area (Å²) in [7, 11) is 1.85. The van der Waals surface area contributed by atoms with Crippen molar-refractivity contribution >= 4 is 5.91 Å². The molecule has 0 radical (unpaired) electrons. The largest absolute Gasteiger partial charge is 0.342 e. The quantitative estimate of drug-likeness (QED) is 0.623. The molecule has 66 valence electrons. The second-order valence-corrected chi connectivity index (χ2v) is 3.05. The van der Waals surface area contributed by atoms with E-state index < -0.39 is 0 Å². The van der Waals surface area contributed by atoms with Gasteiger partial charge in [-0.3, -0.25) is 4.79 Å². The van der Waals surface area contributed by atoms with Crippen LogP contribution in [0.1, 0.15) is 19.8 Å². The van der Waals surface area contributed by atoms with Gasteiger partial charge in [-0.05, 0) is 12.8 Å². The first kappa shape index (κ1) is 9.04. The maximum Gasteiger partial charge on any atom is 0.249 e. The van der Waals surface area contributed by atoms with Gasteiger partial charge in [-0.15, -0.1) is 0 Å². The number of likely N-dealkylation sites (N-methyl/N-ethyl adjacent to an activating group) is 1. The summed E-state index contributed by atoms with van der Waals surface area (Å²) >= 11 is 0. The zero-order valence-electron chi connectivity index (χ0n) is 7.71. The van der Waals surface area contributed by atoms with Crippen LogP contribution < -0.4 is 0 Å². The molecular formula is C10H15NO. The predicted molar refractivity (Wildman–Crippen MR) is 49.8 cm³/mol. The predicted octanol–water partition coefficient (Wildman–Crippen LogP) is 1.74. The summed E-state index contributed by atoms with van der Waals surface area (Å²) in [6.07, 6.45) is 7.66. The number of carbonyl (C=O) groups is 1. The van der Waals surface area contributed by atoms with Crippen LogP contribution in [0.4, 0.5) is 0 Å². The molecule has 1 amide bonds. The zero-order chi connectivity index (χ0) is 8.97. The van der Waals surface area contributed by atoms with Crippen LogP contribution in [0.5, 0.6) is 0 Å². The summed E-state index contributed by atoms with van der Waals surface area (Å²) in [5, 5.41) is 0. The summed E-state index contributed by atoms with van der Waals surface area (Å²) in [4.78, 5) is 13.3. The standard InChI is InChI=1S/C10H15NO/c1-3-8-11(2)10(12)9-6-4-5-7-9/h4-6H,3,7-8H2,1-2H3. The van der Waals surface area contributed by atoms with E-state index in [1.54, 1.807) is 4.90 Å². The molecule has 1 aliphatic rings. The number of carbonyl (C=O) groups excluding carboxylic acids is 1. The highest BCUT2D eigenvalue weighted by atomic mass is 16.2.